The third-order valence-corrected chi connectivity index (χ3v) is 4.65. The third-order valence-electron chi connectivity index (χ3n) is 4.65. The lowest BCUT2D eigenvalue weighted by atomic mass is 10.0. The van der Waals surface area contributed by atoms with Crippen LogP contribution in [0.25, 0.3) is 0 Å². The Morgan fingerprint density at radius 3 is 2.45 bits per heavy atom. The van der Waals surface area contributed by atoms with Crippen LogP contribution in [-0.2, 0) is 0 Å². The van der Waals surface area contributed by atoms with Gasteiger partial charge in [0.05, 0.1) is 11.7 Å². The van der Waals surface area contributed by atoms with Crippen LogP contribution in [0.1, 0.15) is 36.6 Å². The van der Waals surface area contributed by atoms with Crippen molar-refractivity contribution in [3.05, 3.63) is 66.0 Å². The monoisotopic (exact) mass is 295 g/mol. The lowest BCUT2D eigenvalue weighted by Gasteiger charge is -2.24. The van der Waals surface area contributed by atoms with E-state index in [0.29, 0.717) is 12.1 Å². The normalized spacial score (nSPS) is 22.9. The minimum atomic E-state index is 0.174. The highest BCUT2D eigenvalue weighted by molar-refractivity contribution is 5.27. The summed E-state index contributed by atoms with van der Waals surface area (Å²) in [6, 6.07) is 18.2. The van der Waals surface area contributed by atoms with E-state index in [-0.39, 0.29) is 6.04 Å². The lowest BCUT2D eigenvalue weighted by molar-refractivity contribution is 0.291. The Labute approximate surface area is 133 Å². The highest BCUT2D eigenvalue weighted by Gasteiger charge is 2.28. The number of benzene rings is 1. The maximum absolute atomic E-state index is 4.58. The SMILES string of the molecule is CN(C)[C@@H]1CC[C@H](N[C@H](c2ccccc2)c2ccccn2)C1. The molecule has 0 aliphatic heterocycles. The summed E-state index contributed by atoms with van der Waals surface area (Å²) < 4.78 is 0. The molecule has 1 fully saturated rings. The summed E-state index contributed by atoms with van der Waals surface area (Å²) in [5.41, 5.74) is 2.39. The highest BCUT2D eigenvalue weighted by Crippen LogP contribution is 2.27. The summed E-state index contributed by atoms with van der Waals surface area (Å²) in [5.74, 6) is 0. The molecule has 0 spiro atoms. The van der Waals surface area contributed by atoms with Crippen molar-refractivity contribution in [2.24, 2.45) is 0 Å². The fourth-order valence-electron chi connectivity index (χ4n) is 3.36. The average molecular weight is 295 g/mol. The largest absolute Gasteiger partial charge is 0.306 e. The van der Waals surface area contributed by atoms with Gasteiger partial charge in [-0.3, -0.25) is 4.98 Å². The van der Waals surface area contributed by atoms with Gasteiger partial charge in [0, 0.05) is 18.3 Å². The molecule has 1 aliphatic rings. The molecule has 22 heavy (non-hydrogen) atoms. The fourth-order valence-corrected chi connectivity index (χ4v) is 3.36. The van der Waals surface area contributed by atoms with E-state index in [1.165, 1.54) is 24.8 Å². The molecule has 0 amide bonds. The average Bonchev–Trinajstić information content (AvgIpc) is 3.03. The molecule has 1 N–H and O–H groups in total. The van der Waals surface area contributed by atoms with Gasteiger partial charge in [-0.1, -0.05) is 36.4 Å². The summed E-state index contributed by atoms with van der Waals surface area (Å²) >= 11 is 0. The summed E-state index contributed by atoms with van der Waals surface area (Å²) in [6.45, 7) is 0. The van der Waals surface area contributed by atoms with Crippen molar-refractivity contribution in [2.75, 3.05) is 14.1 Å². The predicted molar refractivity (Wildman–Crippen MR) is 90.8 cm³/mol. The van der Waals surface area contributed by atoms with E-state index in [4.69, 9.17) is 0 Å². The second-order valence-corrected chi connectivity index (χ2v) is 6.39. The summed E-state index contributed by atoms with van der Waals surface area (Å²) in [7, 11) is 4.36. The molecular weight excluding hydrogens is 270 g/mol. The van der Waals surface area contributed by atoms with Crippen molar-refractivity contribution < 1.29 is 0 Å². The molecular formula is C19H25N3. The first-order chi connectivity index (χ1) is 10.7. The van der Waals surface area contributed by atoms with Gasteiger partial charge in [0.1, 0.15) is 0 Å². The van der Waals surface area contributed by atoms with Crippen LogP contribution in [0.15, 0.2) is 54.7 Å². The van der Waals surface area contributed by atoms with Crippen molar-refractivity contribution in [3.8, 4) is 0 Å². The lowest BCUT2D eigenvalue weighted by Crippen LogP contribution is -2.34. The molecule has 1 heterocycles. The van der Waals surface area contributed by atoms with Gasteiger partial charge in [-0.25, -0.2) is 0 Å². The van der Waals surface area contributed by atoms with Crippen LogP contribution in [0, 0.1) is 0 Å². The molecule has 3 heteroatoms. The highest BCUT2D eigenvalue weighted by atomic mass is 15.1. The van der Waals surface area contributed by atoms with E-state index in [2.05, 4.69) is 71.8 Å². The van der Waals surface area contributed by atoms with E-state index in [1.54, 1.807) is 0 Å². The van der Waals surface area contributed by atoms with Gasteiger partial charge in [-0.2, -0.15) is 0 Å². The molecule has 116 valence electrons. The first-order valence-corrected chi connectivity index (χ1v) is 8.12. The molecule has 3 rings (SSSR count). The van der Waals surface area contributed by atoms with Crippen molar-refractivity contribution in [3.63, 3.8) is 0 Å². The van der Waals surface area contributed by atoms with E-state index >= 15 is 0 Å². The topological polar surface area (TPSA) is 28.2 Å². The molecule has 3 nitrogen and oxygen atoms in total. The van der Waals surface area contributed by atoms with Crippen molar-refractivity contribution in [1.29, 1.82) is 0 Å². The maximum atomic E-state index is 4.58. The van der Waals surface area contributed by atoms with Crippen LogP contribution in [0.3, 0.4) is 0 Å². The van der Waals surface area contributed by atoms with E-state index < -0.39 is 0 Å². The van der Waals surface area contributed by atoms with Crippen LogP contribution < -0.4 is 5.32 Å². The minimum absolute atomic E-state index is 0.174. The number of pyridine rings is 1. The quantitative estimate of drug-likeness (QED) is 0.918. The van der Waals surface area contributed by atoms with Gasteiger partial charge in [-0.15, -0.1) is 0 Å². The molecule has 1 aromatic heterocycles. The minimum Gasteiger partial charge on any atom is -0.306 e. The molecule has 1 aliphatic carbocycles. The predicted octanol–water partition coefficient (Wildman–Crippen LogP) is 3.24. The molecule has 0 unspecified atom stereocenters. The van der Waals surface area contributed by atoms with Gasteiger partial charge in [0.15, 0.2) is 0 Å². The van der Waals surface area contributed by atoms with E-state index in [1.807, 2.05) is 12.3 Å². The zero-order valence-corrected chi connectivity index (χ0v) is 13.4. The number of hydrogen-bond donors (Lipinski definition) is 1. The van der Waals surface area contributed by atoms with E-state index in [9.17, 15) is 0 Å². The molecule has 2 aromatic rings. The Morgan fingerprint density at radius 2 is 1.82 bits per heavy atom. The first-order valence-electron chi connectivity index (χ1n) is 8.12. The number of nitrogens with zero attached hydrogens (tertiary/aromatic N) is 2. The number of rotatable bonds is 5. The number of hydrogen-bond acceptors (Lipinski definition) is 3. The molecule has 0 radical (unpaired) electrons. The molecule has 0 bridgehead atoms. The summed E-state index contributed by atoms with van der Waals surface area (Å²) in [5, 5.41) is 3.84. The number of aromatic nitrogens is 1. The standard InChI is InChI=1S/C19H25N3/c1-22(2)17-12-11-16(14-17)21-19(15-8-4-3-5-9-15)18-10-6-7-13-20-18/h3-10,13,16-17,19,21H,11-12,14H2,1-2H3/t16-,17+,19+/m0/s1. The van der Waals surface area contributed by atoms with Crippen molar-refractivity contribution in [2.45, 2.75) is 37.4 Å². The van der Waals surface area contributed by atoms with Crippen LogP contribution >= 0.6 is 0 Å². The second kappa shape index (κ2) is 7.03. The van der Waals surface area contributed by atoms with Crippen LogP contribution in [0.2, 0.25) is 0 Å². The van der Waals surface area contributed by atoms with Crippen LogP contribution in [0.4, 0.5) is 0 Å². The van der Waals surface area contributed by atoms with Gasteiger partial charge >= 0.3 is 0 Å². The number of nitrogens with one attached hydrogen (secondary N) is 1. The Balaban J connectivity index is 1.78. The Bertz CT molecular complexity index is 528. The van der Waals surface area contributed by atoms with Gasteiger partial charge in [-0.05, 0) is 51.1 Å². The molecule has 0 saturated heterocycles. The molecule has 3 atom stereocenters. The van der Waals surface area contributed by atoms with E-state index in [0.717, 1.165) is 5.69 Å². The third kappa shape index (κ3) is 3.54. The zero-order valence-electron chi connectivity index (χ0n) is 13.4. The smallest absolute Gasteiger partial charge is 0.0753 e. The van der Waals surface area contributed by atoms with Gasteiger partial charge in [0.25, 0.3) is 0 Å². The van der Waals surface area contributed by atoms with Crippen LogP contribution in [0.5, 0.6) is 0 Å². The zero-order chi connectivity index (χ0) is 15.4. The summed E-state index contributed by atoms with van der Waals surface area (Å²) in [6.07, 6.45) is 5.60. The summed E-state index contributed by atoms with van der Waals surface area (Å²) in [4.78, 5) is 6.93. The Hall–Kier alpha value is -1.71. The first kappa shape index (κ1) is 15.2. The fraction of sp³-hybridized carbons (Fsp3) is 0.421. The maximum Gasteiger partial charge on any atom is 0.0753 e. The van der Waals surface area contributed by atoms with Gasteiger partial charge in [0.2, 0.25) is 0 Å². The van der Waals surface area contributed by atoms with Crippen LogP contribution in [-0.4, -0.2) is 36.1 Å². The Morgan fingerprint density at radius 1 is 1.05 bits per heavy atom. The molecule has 1 saturated carbocycles. The second-order valence-electron chi connectivity index (χ2n) is 6.39. The van der Waals surface area contributed by atoms with Gasteiger partial charge < -0.3 is 10.2 Å². The van der Waals surface area contributed by atoms with Crippen molar-refractivity contribution in [1.82, 2.24) is 15.2 Å². The van der Waals surface area contributed by atoms with Crippen molar-refractivity contribution >= 4 is 0 Å². The molecule has 1 aromatic carbocycles. The Kier molecular flexibility index (Phi) is 4.86.